The molecule has 196 valence electrons. The van der Waals surface area contributed by atoms with Gasteiger partial charge in [0.2, 0.25) is 0 Å². The van der Waals surface area contributed by atoms with Gasteiger partial charge in [0.1, 0.15) is 23.3 Å². The van der Waals surface area contributed by atoms with Gasteiger partial charge in [-0.3, -0.25) is 4.79 Å². The van der Waals surface area contributed by atoms with Crippen LogP contribution in [-0.4, -0.2) is 30.9 Å². The minimum atomic E-state index is -0.639. The number of Topliss-reactive ketones (excluding diaryl/α,β-unsaturated/α-hetero) is 1. The van der Waals surface area contributed by atoms with E-state index in [0.29, 0.717) is 26.8 Å². The molecule has 0 N–H and O–H groups in total. The Balaban J connectivity index is 1.90. The minimum absolute atomic E-state index is 0.127. The van der Waals surface area contributed by atoms with Gasteiger partial charge in [-0.1, -0.05) is 48.0 Å². The van der Waals surface area contributed by atoms with E-state index in [1.165, 1.54) is 6.08 Å². The van der Waals surface area contributed by atoms with Crippen molar-refractivity contribution in [2.45, 2.75) is 33.8 Å². The fraction of sp³-hybridized carbons (Fsp3) is 0.241. The number of ether oxygens (including phenoxy) is 3. The van der Waals surface area contributed by atoms with Gasteiger partial charge < -0.3 is 14.2 Å². The number of thiophene rings is 1. The summed E-state index contributed by atoms with van der Waals surface area (Å²) in [6, 6.07) is 16.2. The second-order valence-corrected chi connectivity index (χ2v) is 9.50. The van der Waals surface area contributed by atoms with E-state index in [4.69, 9.17) is 25.8 Å². The van der Waals surface area contributed by atoms with Crippen molar-refractivity contribution < 1.29 is 28.6 Å². The molecule has 2 aromatic carbocycles. The van der Waals surface area contributed by atoms with E-state index in [2.05, 4.69) is 0 Å². The number of nitrogens with zero attached hydrogens (tertiary/aromatic N) is 1. The Morgan fingerprint density at radius 1 is 1.00 bits per heavy atom. The lowest BCUT2D eigenvalue weighted by molar-refractivity contribution is -0.114. The largest absolute Gasteiger partial charge is 0.488 e. The molecule has 0 aliphatic heterocycles. The summed E-state index contributed by atoms with van der Waals surface area (Å²) in [5.41, 5.74) is 1.73. The Hall–Kier alpha value is -3.93. The first-order valence-corrected chi connectivity index (χ1v) is 13.1. The number of esters is 2. The normalized spacial score (nSPS) is 11.0. The highest BCUT2D eigenvalue weighted by molar-refractivity contribution is 7.14. The summed E-state index contributed by atoms with van der Waals surface area (Å²) >= 11 is 7.21. The summed E-state index contributed by atoms with van der Waals surface area (Å²) in [7, 11) is 0. The lowest BCUT2D eigenvalue weighted by atomic mass is 10.0. The summed E-state index contributed by atoms with van der Waals surface area (Å²) < 4.78 is 16.2. The number of benzene rings is 2. The molecular weight excluding hydrogens is 526 g/mol. The maximum atomic E-state index is 13.2. The quantitative estimate of drug-likeness (QED) is 0.155. The molecule has 0 unspecified atom stereocenters. The lowest BCUT2D eigenvalue weighted by Gasteiger charge is -2.11. The SMILES string of the molecule is CCOC(=O)c1sc(CC(=O)/C(C#N)=C/c2ccccc2OCc2ccccc2Cl)c(C(=O)OCC)c1C. The molecule has 38 heavy (non-hydrogen) atoms. The molecule has 9 heteroatoms. The molecule has 0 amide bonds. The maximum Gasteiger partial charge on any atom is 0.348 e. The van der Waals surface area contributed by atoms with Gasteiger partial charge in [0.15, 0.2) is 5.78 Å². The predicted molar refractivity (Wildman–Crippen MR) is 145 cm³/mol. The molecule has 3 aromatic rings. The van der Waals surface area contributed by atoms with Gasteiger partial charge in [0, 0.05) is 27.4 Å². The number of nitriles is 1. The number of rotatable bonds is 11. The highest BCUT2D eigenvalue weighted by Gasteiger charge is 2.28. The zero-order valence-electron chi connectivity index (χ0n) is 21.2. The molecule has 0 aliphatic rings. The van der Waals surface area contributed by atoms with E-state index in [1.54, 1.807) is 51.1 Å². The molecule has 1 heterocycles. The standard InChI is InChI=1S/C29H26ClNO6S/c1-4-35-28(33)26-18(3)27(29(34)36-5-2)38-25(26)15-23(32)21(16-31)14-19-10-7-9-13-24(19)37-17-20-11-6-8-12-22(20)30/h6-14H,4-5,15,17H2,1-3H3/b21-14+. The van der Waals surface area contributed by atoms with Crippen LogP contribution in [0.3, 0.4) is 0 Å². The molecule has 7 nitrogen and oxygen atoms in total. The third-order valence-electron chi connectivity index (χ3n) is 5.46. The van der Waals surface area contributed by atoms with Crippen molar-refractivity contribution in [2.75, 3.05) is 13.2 Å². The second-order valence-electron chi connectivity index (χ2n) is 7.98. The van der Waals surface area contributed by atoms with Crippen LogP contribution in [0, 0.1) is 18.3 Å². The van der Waals surface area contributed by atoms with Crippen molar-refractivity contribution in [1.29, 1.82) is 5.26 Å². The molecule has 0 bridgehead atoms. The van der Waals surface area contributed by atoms with Gasteiger partial charge >= 0.3 is 11.9 Å². The van der Waals surface area contributed by atoms with Crippen molar-refractivity contribution in [3.8, 4) is 11.8 Å². The van der Waals surface area contributed by atoms with E-state index in [-0.39, 0.29) is 42.3 Å². The van der Waals surface area contributed by atoms with Gasteiger partial charge in [-0.2, -0.15) is 5.26 Å². The van der Waals surface area contributed by atoms with Crippen LogP contribution in [0.2, 0.25) is 5.02 Å². The number of carbonyl (C=O) groups is 3. The highest BCUT2D eigenvalue weighted by atomic mass is 35.5. The number of hydrogen-bond acceptors (Lipinski definition) is 8. The highest BCUT2D eigenvalue weighted by Crippen LogP contribution is 2.31. The molecular formula is C29H26ClNO6S. The summed E-state index contributed by atoms with van der Waals surface area (Å²) in [6.07, 6.45) is 1.18. The number of ketones is 1. The van der Waals surface area contributed by atoms with Crippen LogP contribution in [-0.2, 0) is 27.3 Å². The van der Waals surface area contributed by atoms with Crippen LogP contribution in [0.15, 0.2) is 54.1 Å². The number of para-hydroxylation sites is 1. The Bertz CT molecular complexity index is 1420. The van der Waals surface area contributed by atoms with Crippen LogP contribution in [0.1, 0.15) is 55.4 Å². The van der Waals surface area contributed by atoms with E-state index in [0.717, 1.165) is 16.9 Å². The third kappa shape index (κ3) is 6.88. The summed E-state index contributed by atoms with van der Waals surface area (Å²) in [6.45, 7) is 5.45. The van der Waals surface area contributed by atoms with E-state index in [1.807, 2.05) is 24.3 Å². The summed E-state index contributed by atoms with van der Waals surface area (Å²) in [5.74, 6) is -1.27. The van der Waals surface area contributed by atoms with Gasteiger partial charge in [-0.15, -0.1) is 11.3 Å². The predicted octanol–water partition coefficient (Wildman–Crippen LogP) is 6.36. The van der Waals surface area contributed by atoms with Crippen LogP contribution in [0.5, 0.6) is 5.75 Å². The molecule has 0 spiro atoms. The molecule has 3 rings (SSSR count). The Morgan fingerprint density at radius 3 is 2.34 bits per heavy atom. The van der Waals surface area contributed by atoms with Crippen LogP contribution < -0.4 is 4.74 Å². The van der Waals surface area contributed by atoms with Crippen LogP contribution >= 0.6 is 22.9 Å². The Morgan fingerprint density at radius 2 is 1.66 bits per heavy atom. The number of allylic oxidation sites excluding steroid dienone is 1. The minimum Gasteiger partial charge on any atom is -0.488 e. The lowest BCUT2D eigenvalue weighted by Crippen LogP contribution is -2.12. The maximum absolute atomic E-state index is 13.2. The van der Waals surface area contributed by atoms with Gasteiger partial charge in [-0.25, -0.2) is 9.59 Å². The molecule has 0 aliphatic carbocycles. The molecule has 0 saturated carbocycles. The number of halogens is 1. The Kier molecular flexibility index (Phi) is 10.2. The third-order valence-corrected chi connectivity index (χ3v) is 7.10. The number of carbonyl (C=O) groups excluding carboxylic acids is 3. The van der Waals surface area contributed by atoms with Crippen molar-refractivity contribution >= 4 is 46.7 Å². The van der Waals surface area contributed by atoms with Gasteiger partial charge in [-0.05, 0) is 44.5 Å². The van der Waals surface area contributed by atoms with Crippen LogP contribution in [0.4, 0.5) is 0 Å². The summed E-state index contributed by atoms with van der Waals surface area (Å²) in [5, 5.41) is 10.4. The zero-order valence-corrected chi connectivity index (χ0v) is 22.8. The van der Waals surface area contributed by atoms with E-state index >= 15 is 0 Å². The Labute approximate surface area is 230 Å². The van der Waals surface area contributed by atoms with Gasteiger partial charge in [0.05, 0.1) is 24.4 Å². The van der Waals surface area contributed by atoms with Crippen molar-refractivity contribution in [3.63, 3.8) is 0 Å². The fourth-order valence-corrected chi connectivity index (χ4v) is 5.01. The molecule has 0 radical (unpaired) electrons. The van der Waals surface area contributed by atoms with E-state index < -0.39 is 17.7 Å². The van der Waals surface area contributed by atoms with Crippen LogP contribution in [0.25, 0.3) is 6.08 Å². The average molecular weight is 552 g/mol. The summed E-state index contributed by atoms with van der Waals surface area (Å²) in [4.78, 5) is 38.9. The first-order valence-electron chi connectivity index (χ1n) is 11.9. The monoisotopic (exact) mass is 551 g/mol. The molecule has 0 fully saturated rings. The zero-order chi connectivity index (χ0) is 27.7. The molecule has 0 atom stereocenters. The molecule has 1 aromatic heterocycles. The average Bonchev–Trinajstić information content (AvgIpc) is 3.23. The first-order chi connectivity index (χ1) is 18.3. The number of hydrogen-bond donors (Lipinski definition) is 0. The molecule has 0 saturated heterocycles. The topological polar surface area (TPSA) is 103 Å². The van der Waals surface area contributed by atoms with Gasteiger partial charge in [0.25, 0.3) is 0 Å². The first kappa shape index (κ1) is 28.6. The van der Waals surface area contributed by atoms with Crippen molar-refractivity contribution in [2.24, 2.45) is 0 Å². The smallest absolute Gasteiger partial charge is 0.348 e. The fourth-order valence-electron chi connectivity index (χ4n) is 3.63. The van der Waals surface area contributed by atoms with Crippen molar-refractivity contribution in [1.82, 2.24) is 0 Å². The second kappa shape index (κ2) is 13.6. The van der Waals surface area contributed by atoms with Crippen molar-refractivity contribution in [3.05, 3.63) is 91.1 Å². The van der Waals surface area contributed by atoms with E-state index in [9.17, 15) is 19.6 Å².